The van der Waals surface area contributed by atoms with Gasteiger partial charge in [-0.15, -0.1) is 0 Å². The second kappa shape index (κ2) is 11.0. The maximum Gasteiger partial charge on any atom is 0.270 e. The fourth-order valence-electron chi connectivity index (χ4n) is 3.58. The van der Waals surface area contributed by atoms with Crippen molar-refractivity contribution >= 4 is 29.2 Å². The van der Waals surface area contributed by atoms with Crippen LogP contribution in [0.1, 0.15) is 32.4 Å². The summed E-state index contributed by atoms with van der Waals surface area (Å²) in [5.74, 6) is 0.358. The largest absolute Gasteiger partial charge is 0.347 e. The van der Waals surface area contributed by atoms with Crippen molar-refractivity contribution in [3.63, 3.8) is 0 Å². The van der Waals surface area contributed by atoms with Crippen molar-refractivity contribution in [2.75, 3.05) is 5.32 Å². The van der Waals surface area contributed by atoms with Gasteiger partial charge in [0.25, 0.3) is 5.91 Å². The van der Waals surface area contributed by atoms with Crippen molar-refractivity contribution in [2.24, 2.45) is 0 Å². The molecule has 0 aromatic carbocycles. The monoisotopic (exact) mass is 538 g/mol. The first-order valence-corrected chi connectivity index (χ1v) is 12.3. The molecule has 0 aliphatic heterocycles. The second-order valence-corrected chi connectivity index (χ2v) is 9.08. The number of pyridine rings is 3. The van der Waals surface area contributed by atoms with Gasteiger partial charge in [-0.05, 0) is 55.2 Å². The standard InChI is InChI=1S/C26H19FN10OS/c1-14-7-22(35-26-36-23(9-28)39-37-26)34-24(33-14)17-4-6-21(31-12-17)25(38)32-11-16-3-5-20(30-10-16)19-8-18(27)13-29-15(19)2/h3-8,10,12-13H,11H2,1-2H3,(H,32,38)(H,33,34,35,37). The zero-order valence-electron chi connectivity index (χ0n) is 20.7. The molecule has 0 spiro atoms. The molecule has 11 nitrogen and oxygen atoms in total. The van der Waals surface area contributed by atoms with Gasteiger partial charge in [0, 0.05) is 47.5 Å². The van der Waals surface area contributed by atoms with E-state index in [0.29, 0.717) is 39.9 Å². The normalized spacial score (nSPS) is 10.6. The van der Waals surface area contributed by atoms with Gasteiger partial charge in [-0.25, -0.2) is 14.4 Å². The molecule has 0 aliphatic carbocycles. The van der Waals surface area contributed by atoms with Crippen molar-refractivity contribution in [2.45, 2.75) is 20.4 Å². The number of aromatic nitrogens is 7. The molecule has 0 radical (unpaired) electrons. The maximum absolute atomic E-state index is 13.6. The summed E-state index contributed by atoms with van der Waals surface area (Å²) in [5, 5.41) is 14.9. The van der Waals surface area contributed by atoms with Gasteiger partial charge in [0.05, 0.1) is 11.9 Å². The number of hydrogen-bond donors (Lipinski definition) is 2. The van der Waals surface area contributed by atoms with Crippen LogP contribution in [-0.4, -0.2) is 40.2 Å². The molecule has 0 atom stereocenters. The highest BCUT2D eigenvalue weighted by Crippen LogP contribution is 2.22. The number of aryl methyl sites for hydroxylation is 2. The minimum atomic E-state index is -0.429. The number of nitriles is 1. The van der Waals surface area contributed by atoms with Gasteiger partial charge in [-0.2, -0.15) is 14.6 Å². The summed E-state index contributed by atoms with van der Waals surface area (Å²) in [6, 6.07) is 11.9. The summed E-state index contributed by atoms with van der Waals surface area (Å²) >= 11 is 0.987. The fraction of sp³-hybridized carbons (Fsp3) is 0.115. The van der Waals surface area contributed by atoms with Gasteiger partial charge in [-0.3, -0.25) is 19.7 Å². The van der Waals surface area contributed by atoms with Crippen LogP contribution in [0, 0.1) is 31.0 Å². The predicted molar refractivity (Wildman–Crippen MR) is 141 cm³/mol. The summed E-state index contributed by atoms with van der Waals surface area (Å²) in [6.45, 7) is 3.85. The maximum atomic E-state index is 13.6. The van der Waals surface area contributed by atoms with Crippen molar-refractivity contribution in [3.05, 3.63) is 88.5 Å². The number of amides is 1. The van der Waals surface area contributed by atoms with Crippen LogP contribution in [0.2, 0.25) is 0 Å². The fourth-order valence-corrected chi connectivity index (χ4v) is 4.01. The Morgan fingerprint density at radius 1 is 1.03 bits per heavy atom. The van der Waals surface area contributed by atoms with Crippen LogP contribution in [0.3, 0.4) is 0 Å². The Morgan fingerprint density at radius 2 is 1.90 bits per heavy atom. The summed E-state index contributed by atoms with van der Waals surface area (Å²) < 4.78 is 17.6. The predicted octanol–water partition coefficient (Wildman–Crippen LogP) is 4.15. The van der Waals surface area contributed by atoms with Gasteiger partial charge < -0.3 is 10.6 Å². The number of nitrogens with one attached hydrogen (secondary N) is 2. The van der Waals surface area contributed by atoms with Crippen molar-refractivity contribution in [1.29, 1.82) is 5.26 Å². The molecule has 0 bridgehead atoms. The molecule has 2 N–H and O–H groups in total. The number of carbonyl (C=O) groups is 1. The van der Waals surface area contributed by atoms with Crippen molar-refractivity contribution in [3.8, 4) is 28.7 Å². The van der Waals surface area contributed by atoms with Crippen molar-refractivity contribution < 1.29 is 9.18 Å². The first-order chi connectivity index (χ1) is 18.9. The molecule has 1 amide bonds. The van der Waals surface area contributed by atoms with Crippen LogP contribution in [0.5, 0.6) is 0 Å². The smallest absolute Gasteiger partial charge is 0.270 e. The third-order valence-electron chi connectivity index (χ3n) is 5.48. The van der Waals surface area contributed by atoms with Crippen LogP contribution in [0.4, 0.5) is 16.2 Å². The lowest BCUT2D eigenvalue weighted by Gasteiger charge is -2.08. The molecule has 13 heteroatoms. The highest BCUT2D eigenvalue weighted by atomic mass is 32.1. The molecule has 0 aliphatic rings. The Kier molecular flexibility index (Phi) is 7.19. The molecule has 5 rings (SSSR count). The second-order valence-electron chi connectivity index (χ2n) is 8.33. The van der Waals surface area contributed by atoms with Gasteiger partial charge in [-0.1, -0.05) is 6.07 Å². The summed E-state index contributed by atoms with van der Waals surface area (Å²) in [6.07, 6.45) is 4.31. The van der Waals surface area contributed by atoms with Gasteiger partial charge in [0.2, 0.25) is 11.0 Å². The lowest BCUT2D eigenvalue weighted by molar-refractivity contribution is 0.0946. The Balaban J connectivity index is 1.23. The van der Waals surface area contributed by atoms with Crippen LogP contribution in [-0.2, 0) is 6.54 Å². The molecular weight excluding hydrogens is 519 g/mol. The number of carbonyl (C=O) groups excluding carboxylic acids is 1. The Morgan fingerprint density at radius 3 is 2.62 bits per heavy atom. The number of rotatable bonds is 7. The van der Waals surface area contributed by atoms with E-state index in [9.17, 15) is 9.18 Å². The van der Waals surface area contributed by atoms with Gasteiger partial charge >= 0.3 is 0 Å². The number of hydrogen-bond acceptors (Lipinski definition) is 11. The summed E-state index contributed by atoms with van der Waals surface area (Å²) in [4.78, 5) is 38.3. The first kappa shape index (κ1) is 25.4. The van der Waals surface area contributed by atoms with Gasteiger partial charge in [0.1, 0.15) is 23.4 Å². The van der Waals surface area contributed by atoms with Gasteiger partial charge in [0.15, 0.2) is 5.82 Å². The molecule has 192 valence electrons. The Labute approximate surface area is 226 Å². The average molecular weight is 539 g/mol. The summed E-state index contributed by atoms with van der Waals surface area (Å²) in [7, 11) is 0. The highest BCUT2D eigenvalue weighted by molar-refractivity contribution is 7.06. The van der Waals surface area contributed by atoms with Crippen molar-refractivity contribution in [1.82, 2.24) is 39.6 Å². The van der Waals surface area contributed by atoms with Crippen LogP contribution < -0.4 is 10.6 Å². The van der Waals surface area contributed by atoms with E-state index in [4.69, 9.17) is 5.26 Å². The van der Waals surface area contributed by atoms with Crippen LogP contribution >= 0.6 is 11.5 Å². The zero-order chi connectivity index (χ0) is 27.4. The number of anilines is 2. The molecule has 0 unspecified atom stereocenters. The van der Waals surface area contributed by atoms with E-state index in [-0.39, 0.29) is 29.1 Å². The SMILES string of the molecule is Cc1cc(Nc2nsc(C#N)n2)nc(-c2ccc(C(=O)NCc3ccc(-c4cc(F)cnc4C)nc3)nc2)n1. The van der Waals surface area contributed by atoms with E-state index in [2.05, 4.69) is 44.9 Å². The number of nitrogens with zero attached hydrogens (tertiary/aromatic N) is 8. The summed E-state index contributed by atoms with van der Waals surface area (Å²) in [5.41, 5.74) is 4.20. The number of halogens is 1. The minimum absolute atomic E-state index is 0.228. The zero-order valence-corrected chi connectivity index (χ0v) is 21.5. The quantitative estimate of drug-likeness (QED) is 0.309. The minimum Gasteiger partial charge on any atom is -0.347 e. The van der Waals surface area contributed by atoms with E-state index in [1.165, 1.54) is 18.5 Å². The lowest BCUT2D eigenvalue weighted by Crippen LogP contribution is -2.23. The molecule has 5 heterocycles. The van der Waals surface area contributed by atoms with Crippen LogP contribution in [0.15, 0.2) is 55.0 Å². The lowest BCUT2D eigenvalue weighted by atomic mass is 10.1. The third kappa shape index (κ3) is 6.03. The highest BCUT2D eigenvalue weighted by Gasteiger charge is 2.12. The Hall–Kier alpha value is -5.22. The average Bonchev–Trinajstić information content (AvgIpc) is 3.40. The third-order valence-corrected chi connectivity index (χ3v) is 6.10. The van der Waals surface area contributed by atoms with E-state index in [0.717, 1.165) is 17.1 Å². The molecule has 0 fully saturated rings. The Bertz CT molecular complexity index is 1700. The van der Waals surface area contributed by atoms with E-state index >= 15 is 0 Å². The molecule has 5 aromatic rings. The topological polar surface area (TPSA) is 155 Å². The molecule has 5 aromatic heterocycles. The molecule has 0 saturated carbocycles. The molecule has 39 heavy (non-hydrogen) atoms. The van der Waals surface area contributed by atoms with Crippen LogP contribution in [0.25, 0.3) is 22.6 Å². The first-order valence-electron chi connectivity index (χ1n) is 11.6. The molecular formula is C26H19FN10OS. The van der Waals surface area contributed by atoms with E-state index in [1.807, 2.05) is 19.1 Å². The molecule has 0 saturated heterocycles. The van der Waals surface area contributed by atoms with E-state index in [1.54, 1.807) is 37.4 Å². The van der Waals surface area contributed by atoms with E-state index < -0.39 is 5.82 Å².